The van der Waals surface area contributed by atoms with E-state index in [1.165, 1.54) is 0 Å². The second-order valence-electron chi connectivity index (χ2n) is 5.67. The molecule has 1 aliphatic carbocycles. The van der Waals surface area contributed by atoms with Crippen LogP contribution in [0.4, 0.5) is 4.79 Å². The first-order chi connectivity index (χ1) is 8.80. The molecule has 0 bridgehead atoms. The standard InChI is InChI=1S/C14H24N2O3/c1-9(2)8-15-13(19)16-14(12(17)18)10(3)6-5-7-11(14)4/h10-11H,1,5-8H2,2-4H3,(H,17,18)(H2,15,16,19). The molecule has 3 N–H and O–H groups in total. The number of urea groups is 1. The third kappa shape index (κ3) is 3.28. The molecule has 5 nitrogen and oxygen atoms in total. The molecule has 108 valence electrons. The summed E-state index contributed by atoms with van der Waals surface area (Å²) in [7, 11) is 0. The number of nitrogens with one attached hydrogen (secondary N) is 2. The molecule has 0 saturated heterocycles. The fraction of sp³-hybridized carbons (Fsp3) is 0.714. The fourth-order valence-electron chi connectivity index (χ4n) is 2.86. The minimum absolute atomic E-state index is 0.0793. The Labute approximate surface area is 114 Å². The second-order valence-corrected chi connectivity index (χ2v) is 5.67. The Morgan fingerprint density at radius 1 is 1.32 bits per heavy atom. The highest BCUT2D eigenvalue weighted by molar-refractivity contribution is 5.87. The zero-order valence-electron chi connectivity index (χ0n) is 12.0. The highest BCUT2D eigenvalue weighted by Crippen LogP contribution is 2.38. The highest BCUT2D eigenvalue weighted by atomic mass is 16.4. The van der Waals surface area contributed by atoms with E-state index >= 15 is 0 Å². The van der Waals surface area contributed by atoms with Gasteiger partial charge in [0.2, 0.25) is 0 Å². The molecular formula is C14H24N2O3. The Balaban J connectivity index is 2.84. The number of hydrogen-bond acceptors (Lipinski definition) is 2. The normalized spacial score (nSPS) is 30.5. The highest BCUT2D eigenvalue weighted by Gasteiger charge is 2.51. The summed E-state index contributed by atoms with van der Waals surface area (Å²) in [5.41, 5.74) is -0.346. The Hall–Kier alpha value is -1.52. The zero-order valence-corrected chi connectivity index (χ0v) is 12.0. The third-order valence-electron chi connectivity index (χ3n) is 4.05. The molecule has 0 heterocycles. The van der Waals surface area contributed by atoms with Crippen LogP contribution in [0.25, 0.3) is 0 Å². The maximum atomic E-state index is 11.9. The number of rotatable bonds is 4. The molecule has 5 heteroatoms. The lowest BCUT2D eigenvalue weighted by Gasteiger charge is -2.44. The molecule has 0 radical (unpaired) electrons. The summed E-state index contributed by atoms with van der Waals surface area (Å²) in [6.45, 7) is 9.64. The molecule has 1 aliphatic rings. The van der Waals surface area contributed by atoms with Gasteiger partial charge in [0, 0.05) is 6.54 Å². The van der Waals surface area contributed by atoms with E-state index in [0.29, 0.717) is 6.54 Å². The van der Waals surface area contributed by atoms with Crippen LogP contribution in [0.3, 0.4) is 0 Å². The summed E-state index contributed by atoms with van der Waals surface area (Å²) in [5, 5.41) is 14.9. The Kier molecular flexibility index (Phi) is 4.97. The quantitative estimate of drug-likeness (QED) is 0.683. The zero-order chi connectivity index (χ0) is 14.6. The first-order valence-electron chi connectivity index (χ1n) is 6.74. The van der Waals surface area contributed by atoms with Crippen LogP contribution in [0.2, 0.25) is 0 Å². The summed E-state index contributed by atoms with van der Waals surface area (Å²) in [4.78, 5) is 23.6. The molecule has 0 aromatic carbocycles. The van der Waals surface area contributed by atoms with Crippen LogP contribution >= 0.6 is 0 Å². The lowest BCUT2D eigenvalue weighted by Crippen LogP contribution is -2.65. The third-order valence-corrected chi connectivity index (χ3v) is 4.05. The monoisotopic (exact) mass is 268 g/mol. The molecule has 1 saturated carbocycles. The van der Waals surface area contributed by atoms with E-state index in [0.717, 1.165) is 24.8 Å². The molecule has 0 aliphatic heterocycles. The molecule has 0 aromatic rings. The van der Waals surface area contributed by atoms with Gasteiger partial charge in [0.05, 0.1) is 0 Å². The Morgan fingerprint density at radius 3 is 2.26 bits per heavy atom. The number of carbonyl (C=O) groups is 2. The van der Waals surface area contributed by atoms with E-state index in [4.69, 9.17) is 0 Å². The van der Waals surface area contributed by atoms with Gasteiger partial charge in [0.1, 0.15) is 5.54 Å². The smallest absolute Gasteiger partial charge is 0.330 e. The van der Waals surface area contributed by atoms with Crippen LogP contribution in [-0.2, 0) is 4.79 Å². The van der Waals surface area contributed by atoms with Gasteiger partial charge in [-0.2, -0.15) is 0 Å². The van der Waals surface area contributed by atoms with E-state index in [2.05, 4.69) is 17.2 Å². The van der Waals surface area contributed by atoms with Crippen LogP contribution < -0.4 is 10.6 Å². The van der Waals surface area contributed by atoms with Crippen LogP contribution in [0.15, 0.2) is 12.2 Å². The van der Waals surface area contributed by atoms with Crippen molar-refractivity contribution < 1.29 is 14.7 Å². The predicted molar refractivity (Wildman–Crippen MR) is 73.9 cm³/mol. The van der Waals surface area contributed by atoms with Crippen molar-refractivity contribution in [1.29, 1.82) is 0 Å². The van der Waals surface area contributed by atoms with Crippen molar-refractivity contribution in [3.8, 4) is 0 Å². The van der Waals surface area contributed by atoms with Crippen LogP contribution in [0.1, 0.15) is 40.0 Å². The van der Waals surface area contributed by atoms with Gasteiger partial charge in [-0.15, -0.1) is 0 Å². The van der Waals surface area contributed by atoms with Crippen molar-refractivity contribution in [2.24, 2.45) is 11.8 Å². The van der Waals surface area contributed by atoms with Crippen molar-refractivity contribution in [3.63, 3.8) is 0 Å². The molecule has 2 amide bonds. The maximum absolute atomic E-state index is 11.9. The minimum Gasteiger partial charge on any atom is -0.479 e. The van der Waals surface area contributed by atoms with E-state index in [9.17, 15) is 14.7 Å². The van der Waals surface area contributed by atoms with Crippen molar-refractivity contribution in [1.82, 2.24) is 10.6 Å². The number of carboxylic acids is 1. The van der Waals surface area contributed by atoms with E-state index in [1.807, 2.05) is 13.8 Å². The van der Waals surface area contributed by atoms with Gasteiger partial charge in [0.25, 0.3) is 0 Å². The van der Waals surface area contributed by atoms with Gasteiger partial charge in [-0.1, -0.05) is 32.4 Å². The van der Waals surface area contributed by atoms with Gasteiger partial charge in [0.15, 0.2) is 0 Å². The van der Waals surface area contributed by atoms with Crippen LogP contribution in [0, 0.1) is 11.8 Å². The van der Waals surface area contributed by atoms with Crippen LogP contribution in [0.5, 0.6) is 0 Å². The second kappa shape index (κ2) is 6.08. The number of hydrogen-bond donors (Lipinski definition) is 3. The summed E-state index contributed by atoms with van der Waals surface area (Å²) in [5.74, 6) is -1.11. The molecule has 0 spiro atoms. The number of carboxylic acid groups (broad SMARTS) is 1. The lowest BCUT2D eigenvalue weighted by molar-refractivity contribution is -0.151. The van der Waals surface area contributed by atoms with Gasteiger partial charge >= 0.3 is 12.0 Å². The summed E-state index contributed by atoms with van der Waals surface area (Å²) in [6.07, 6.45) is 2.64. The maximum Gasteiger partial charge on any atom is 0.330 e. The summed E-state index contributed by atoms with van der Waals surface area (Å²) < 4.78 is 0. The molecule has 2 unspecified atom stereocenters. The van der Waals surface area contributed by atoms with Crippen molar-refractivity contribution in [2.45, 2.75) is 45.6 Å². The van der Waals surface area contributed by atoms with E-state index < -0.39 is 17.5 Å². The average Bonchev–Trinajstić information content (AvgIpc) is 2.31. The molecular weight excluding hydrogens is 244 g/mol. The van der Waals surface area contributed by atoms with E-state index in [1.54, 1.807) is 6.92 Å². The molecule has 19 heavy (non-hydrogen) atoms. The molecule has 1 rings (SSSR count). The minimum atomic E-state index is -1.17. The molecule has 2 atom stereocenters. The number of aliphatic carboxylic acids is 1. The Morgan fingerprint density at radius 2 is 1.84 bits per heavy atom. The SMILES string of the molecule is C=C(C)CNC(=O)NC1(C(=O)O)C(C)CCCC1C. The van der Waals surface area contributed by atoms with Gasteiger partial charge in [-0.25, -0.2) is 9.59 Å². The van der Waals surface area contributed by atoms with Crippen molar-refractivity contribution in [2.75, 3.05) is 6.54 Å². The van der Waals surface area contributed by atoms with Gasteiger partial charge in [-0.05, 0) is 31.6 Å². The van der Waals surface area contributed by atoms with Gasteiger partial charge < -0.3 is 15.7 Å². The number of amides is 2. The Bertz CT molecular complexity index is 369. The summed E-state index contributed by atoms with van der Waals surface area (Å²) >= 11 is 0. The average molecular weight is 268 g/mol. The topological polar surface area (TPSA) is 78.4 Å². The first kappa shape index (κ1) is 15.5. The largest absolute Gasteiger partial charge is 0.479 e. The van der Waals surface area contributed by atoms with Gasteiger partial charge in [-0.3, -0.25) is 0 Å². The fourth-order valence-corrected chi connectivity index (χ4v) is 2.86. The summed E-state index contributed by atoms with van der Waals surface area (Å²) in [6, 6.07) is -0.439. The molecule has 0 aromatic heterocycles. The first-order valence-corrected chi connectivity index (χ1v) is 6.74. The van der Waals surface area contributed by atoms with Crippen molar-refractivity contribution >= 4 is 12.0 Å². The molecule has 1 fully saturated rings. The van der Waals surface area contributed by atoms with Crippen molar-refractivity contribution in [3.05, 3.63) is 12.2 Å². The van der Waals surface area contributed by atoms with Crippen LogP contribution in [-0.4, -0.2) is 29.2 Å². The predicted octanol–water partition coefficient (Wildman–Crippen LogP) is 2.14. The van der Waals surface area contributed by atoms with E-state index in [-0.39, 0.29) is 11.8 Å². The lowest BCUT2D eigenvalue weighted by atomic mass is 9.67. The number of carbonyl (C=O) groups excluding carboxylic acids is 1.